The first kappa shape index (κ1) is 26.1. The largest absolute Gasteiger partial charge is 0.508 e. The van der Waals surface area contributed by atoms with Gasteiger partial charge in [0.15, 0.2) is 0 Å². The van der Waals surface area contributed by atoms with Crippen molar-refractivity contribution in [1.29, 1.82) is 0 Å². The average Bonchev–Trinajstić information content (AvgIpc) is 3.19. The molecule has 4 N–H and O–H groups in total. The Labute approximate surface area is 216 Å². The number of phenolic OH excluding ortho intramolecular Hbond substituents is 3. The zero-order chi connectivity index (χ0) is 26.5. The number of carbonyl (C=O) groups is 1. The van der Waals surface area contributed by atoms with Gasteiger partial charge in [-0.3, -0.25) is 0 Å². The van der Waals surface area contributed by atoms with Gasteiger partial charge < -0.3 is 29.7 Å². The average molecular weight is 504 g/mol. The van der Waals surface area contributed by atoms with Crippen LogP contribution < -0.4 is 0 Å². The van der Waals surface area contributed by atoms with Crippen molar-refractivity contribution in [1.82, 2.24) is 4.57 Å². The zero-order valence-corrected chi connectivity index (χ0v) is 21.1. The predicted octanol–water partition coefficient (Wildman–Crippen LogP) is 5.22. The number of aliphatic hydroxyl groups excluding tert-OH is 1. The van der Waals surface area contributed by atoms with Crippen molar-refractivity contribution in [2.24, 2.45) is 0 Å². The van der Waals surface area contributed by atoms with Crippen LogP contribution in [0.2, 0.25) is 0 Å². The smallest absolute Gasteiger partial charge is 0.338 e. The number of aromatic nitrogens is 1. The van der Waals surface area contributed by atoms with Crippen LogP contribution >= 0.6 is 0 Å². The molecule has 0 saturated heterocycles. The Kier molecular flexibility index (Phi) is 8.04. The fourth-order valence-electron chi connectivity index (χ4n) is 4.47. The molecule has 4 rings (SSSR count). The minimum absolute atomic E-state index is 0.0244. The van der Waals surface area contributed by atoms with Crippen molar-refractivity contribution in [3.8, 4) is 17.2 Å². The Hall–Kier alpha value is -3.97. The van der Waals surface area contributed by atoms with E-state index in [4.69, 9.17) is 4.74 Å². The van der Waals surface area contributed by atoms with Crippen LogP contribution in [0.5, 0.6) is 17.2 Å². The lowest BCUT2D eigenvalue weighted by Gasteiger charge is -2.12. The van der Waals surface area contributed by atoms with Crippen molar-refractivity contribution in [2.45, 2.75) is 52.2 Å². The second-order valence-corrected chi connectivity index (χ2v) is 9.52. The molecular formula is C30H33NO6. The molecular weight excluding hydrogens is 470 g/mol. The van der Waals surface area contributed by atoms with Gasteiger partial charge in [-0.1, -0.05) is 31.0 Å². The number of fused-ring (bicyclic) bond motifs is 1. The van der Waals surface area contributed by atoms with Gasteiger partial charge in [-0.15, -0.1) is 0 Å². The van der Waals surface area contributed by atoms with Gasteiger partial charge in [0.1, 0.15) is 23.9 Å². The van der Waals surface area contributed by atoms with E-state index in [1.54, 1.807) is 42.5 Å². The highest BCUT2D eigenvalue weighted by Crippen LogP contribution is 2.33. The number of aromatic hydroxyl groups is 3. The molecule has 0 radical (unpaired) electrons. The van der Waals surface area contributed by atoms with Crippen LogP contribution in [0.4, 0.5) is 0 Å². The molecule has 0 bridgehead atoms. The molecule has 7 nitrogen and oxygen atoms in total. The molecule has 0 amide bonds. The van der Waals surface area contributed by atoms with Crippen LogP contribution in [0.15, 0.2) is 60.8 Å². The van der Waals surface area contributed by atoms with Crippen LogP contribution in [-0.2, 0) is 24.1 Å². The number of rotatable bonds is 10. The number of nitrogens with zero attached hydrogens (tertiary/aromatic N) is 1. The summed E-state index contributed by atoms with van der Waals surface area (Å²) in [6.45, 7) is 4.04. The summed E-state index contributed by atoms with van der Waals surface area (Å²) in [5.74, 6) is -0.377. The fourth-order valence-corrected chi connectivity index (χ4v) is 4.47. The molecule has 7 heteroatoms. The van der Waals surface area contributed by atoms with E-state index in [1.165, 1.54) is 0 Å². The van der Waals surface area contributed by atoms with Gasteiger partial charge in [0.2, 0.25) is 0 Å². The lowest BCUT2D eigenvalue weighted by molar-refractivity contribution is 0.0259. The van der Waals surface area contributed by atoms with E-state index >= 15 is 0 Å². The zero-order valence-electron chi connectivity index (χ0n) is 21.1. The Morgan fingerprint density at radius 2 is 1.70 bits per heavy atom. The number of hydrogen-bond acceptors (Lipinski definition) is 6. The summed E-state index contributed by atoms with van der Waals surface area (Å²) in [6, 6.07) is 15.3. The van der Waals surface area contributed by atoms with Crippen molar-refractivity contribution >= 4 is 16.9 Å². The molecule has 1 heterocycles. The molecule has 0 aliphatic rings. The lowest BCUT2D eigenvalue weighted by Crippen LogP contribution is -2.21. The lowest BCUT2D eigenvalue weighted by atomic mass is 10.0. The number of aryl methyl sites for hydroxylation is 2. The number of ether oxygens (including phenoxy) is 1. The van der Waals surface area contributed by atoms with Gasteiger partial charge >= 0.3 is 5.97 Å². The molecule has 0 aliphatic heterocycles. The first-order chi connectivity index (χ1) is 17.7. The quantitative estimate of drug-likeness (QED) is 0.221. The van der Waals surface area contributed by atoms with Crippen molar-refractivity contribution in [3.05, 3.63) is 88.6 Å². The SMILES string of the molecule is CCCCc1cc(O)c(Cn2cc(C[C@H](O)COC(=O)c3ccc(C)cc3)c3cc(O)ccc32)c(O)c1. The van der Waals surface area contributed by atoms with Gasteiger partial charge in [0.25, 0.3) is 0 Å². The van der Waals surface area contributed by atoms with Gasteiger partial charge in [0.05, 0.1) is 23.8 Å². The first-order valence-electron chi connectivity index (χ1n) is 12.5. The highest BCUT2D eigenvalue weighted by atomic mass is 16.5. The van der Waals surface area contributed by atoms with Crippen LogP contribution in [-0.4, -0.2) is 43.7 Å². The van der Waals surface area contributed by atoms with E-state index in [1.807, 2.05) is 29.8 Å². The normalized spacial score (nSPS) is 12.1. The van der Waals surface area contributed by atoms with E-state index in [0.29, 0.717) is 11.1 Å². The third-order valence-corrected chi connectivity index (χ3v) is 6.51. The van der Waals surface area contributed by atoms with Gasteiger partial charge in [0, 0.05) is 23.5 Å². The number of benzene rings is 3. The number of hydrogen-bond donors (Lipinski definition) is 4. The molecule has 1 aromatic heterocycles. The third-order valence-electron chi connectivity index (χ3n) is 6.51. The summed E-state index contributed by atoms with van der Waals surface area (Å²) in [7, 11) is 0. The Balaban J connectivity index is 1.52. The summed E-state index contributed by atoms with van der Waals surface area (Å²) in [5.41, 5.74) is 4.23. The van der Waals surface area contributed by atoms with E-state index in [-0.39, 0.29) is 36.8 Å². The number of esters is 1. The van der Waals surface area contributed by atoms with Gasteiger partial charge in [-0.05, 0) is 73.4 Å². The molecule has 0 saturated carbocycles. The van der Waals surface area contributed by atoms with E-state index in [0.717, 1.165) is 46.9 Å². The molecule has 0 aliphatic carbocycles. The maximum atomic E-state index is 12.3. The van der Waals surface area contributed by atoms with E-state index < -0.39 is 12.1 Å². The highest BCUT2D eigenvalue weighted by Gasteiger charge is 2.18. The molecule has 4 aromatic rings. The van der Waals surface area contributed by atoms with Gasteiger partial charge in [-0.25, -0.2) is 4.79 Å². The van der Waals surface area contributed by atoms with E-state index in [9.17, 15) is 25.2 Å². The predicted molar refractivity (Wildman–Crippen MR) is 142 cm³/mol. The molecule has 0 spiro atoms. The van der Waals surface area contributed by atoms with Crippen molar-refractivity contribution < 1.29 is 30.0 Å². The van der Waals surface area contributed by atoms with Crippen LogP contribution in [0.25, 0.3) is 10.9 Å². The maximum absolute atomic E-state index is 12.3. The minimum Gasteiger partial charge on any atom is -0.508 e. The van der Waals surface area contributed by atoms with Crippen LogP contribution in [0, 0.1) is 6.92 Å². The molecule has 0 unspecified atom stereocenters. The Bertz CT molecular complexity index is 1370. The molecule has 37 heavy (non-hydrogen) atoms. The molecule has 1 atom stereocenters. The third kappa shape index (κ3) is 6.24. The first-order valence-corrected chi connectivity index (χ1v) is 12.5. The van der Waals surface area contributed by atoms with Gasteiger partial charge in [-0.2, -0.15) is 0 Å². The maximum Gasteiger partial charge on any atom is 0.338 e. The summed E-state index contributed by atoms with van der Waals surface area (Å²) >= 11 is 0. The number of unbranched alkanes of at least 4 members (excludes halogenated alkanes) is 1. The summed E-state index contributed by atoms with van der Waals surface area (Å²) < 4.78 is 7.16. The highest BCUT2D eigenvalue weighted by molar-refractivity contribution is 5.89. The summed E-state index contributed by atoms with van der Waals surface area (Å²) in [5, 5.41) is 42.7. The number of phenols is 3. The molecule has 194 valence electrons. The summed E-state index contributed by atoms with van der Waals surface area (Å²) in [6.07, 6.45) is 3.80. The second kappa shape index (κ2) is 11.4. The molecule has 3 aromatic carbocycles. The monoisotopic (exact) mass is 503 g/mol. The van der Waals surface area contributed by atoms with E-state index in [2.05, 4.69) is 6.92 Å². The second-order valence-electron chi connectivity index (χ2n) is 9.52. The minimum atomic E-state index is -0.963. The Morgan fingerprint density at radius 3 is 2.38 bits per heavy atom. The Morgan fingerprint density at radius 1 is 1.00 bits per heavy atom. The number of aliphatic hydroxyl groups is 1. The standard InChI is InChI=1S/C30H33NO6/c1-3-4-5-20-12-28(34)26(29(35)13-20)17-31-16-22(25-15-23(32)10-11-27(25)31)14-24(33)18-37-30(36)21-8-6-19(2)7-9-21/h6-13,15-16,24,32-35H,3-5,14,17-18H2,1-2H3/t24-/m0/s1. The molecule has 0 fully saturated rings. The number of carbonyl (C=O) groups excluding carboxylic acids is 1. The van der Waals surface area contributed by atoms with Crippen LogP contribution in [0.1, 0.15) is 52.4 Å². The summed E-state index contributed by atoms with van der Waals surface area (Å²) in [4.78, 5) is 12.3. The van der Waals surface area contributed by atoms with Crippen molar-refractivity contribution in [3.63, 3.8) is 0 Å². The van der Waals surface area contributed by atoms with Crippen LogP contribution in [0.3, 0.4) is 0 Å². The topological polar surface area (TPSA) is 112 Å². The fraction of sp³-hybridized carbons (Fsp3) is 0.300. The van der Waals surface area contributed by atoms with Crippen molar-refractivity contribution in [2.75, 3.05) is 6.61 Å².